The minimum atomic E-state index is 0.610. The van der Waals surface area contributed by atoms with Crippen molar-refractivity contribution in [3.05, 3.63) is 218 Å². The molecule has 0 bridgehead atoms. The second-order valence-corrected chi connectivity index (χ2v) is 16.2. The number of nitrogens with zero attached hydrogens (tertiary/aromatic N) is 4. The molecular formula is C59H40N4. The lowest BCUT2D eigenvalue weighted by atomic mass is 9.92. The lowest BCUT2D eigenvalue weighted by molar-refractivity contribution is 0.982. The Labute approximate surface area is 366 Å². The quantitative estimate of drug-likeness (QED) is 0.150. The number of para-hydroxylation sites is 2. The molecule has 0 amide bonds. The highest BCUT2D eigenvalue weighted by Gasteiger charge is 2.23. The highest BCUT2D eigenvalue weighted by Crippen LogP contribution is 2.43. The minimum absolute atomic E-state index is 0.610. The third-order valence-electron chi connectivity index (χ3n) is 12.4. The van der Waals surface area contributed by atoms with Crippen molar-refractivity contribution in [1.82, 2.24) is 19.1 Å². The first-order valence-electron chi connectivity index (χ1n) is 21.7. The molecule has 0 saturated carbocycles. The Morgan fingerprint density at radius 3 is 1.89 bits per heavy atom. The monoisotopic (exact) mass is 804 g/mol. The maximum atomic E-state index is 5.42. The zero-order valence-corrected chi connectivity index (χ0v) is 34.5. The largest absolute Gasteiger partial charge is 0.309 e. The Bertz CT molecular complexity index is 3630. The third kappa shape index (κ3) is 6.42. The summed E-state index contributed by atoms with van der Waals surface area (Å²) in [6.45, 7) is 0. The molecule has 7 aromatic carbocycles. The Balaban J connectivity index is 1.15. The molecule has 2 aliphatic carbocycles. The number of rotatable bonds is 7. The van der Waals surface area contributed by atoms with E-state index in [4.69, 9.17) is 9.97 Å². The van der Waals surface area contributed by atoms with Gasteiger partial charge in [0.25, 0.3) is 0 Å². The van der Waals surface area contributed by atoms with E-state index in [2.05, 4.69) is 221 Å². The van der Waals surface area contributed by atoms with E-state index < -0.39 is 0 Å². The van der Waals surface area contributed by atoms with Gasteiger partial charge in [0.05, 0.1) is 39.0 Å². The van der Waals surface area contributed by atoms with Crippen LogP contribution in [0.15, 0.2) is 206 Å². The lowest BCUT2D eigenvalue weighted by Crippen LogP contribution is -2.06. The smallest absolute Gasteiger partial charge is 0.235 e. The summed E-state index contributed by atoms with van der Waals surface area (Å²) in [4.78, 5) is 10.8. The van der Waals surface area contributed by atoms with Gasteiger partial charge < -0.3 is 4.57 Å². The van der Waals surface area contributed by atoms with Crippen molar-refractivity contribution < 1.29 is 0 Å². The van der Waals surface area contributed by atoms with Gasteiger partial charge in [-0.25, -0.2) is 9.97 Å². The van der Waals surface area contributed by atoms with Crippen LogP contribution >= 0.6 is 0 Å². The van der Waals surface area contributed by atoms with E-state index in [-0.39, 0.29) is 0 Å². The fourth-order valence-electron chi connectivity index (χ4n) is 9.43. The van der Waals surface area contributed by atoms with Gasteiger partial charge >= 0.3 is 0 Å². The van der Waals surface area contributed by atoms with Gasteiger partial charge in [0.15, 0.2) is 0 Å². The molecule has 0 atom stereocenters. The Hall–Kier alpha value is -8.26. The normalized spacial score (nSPS) is 13.6. The summed E-state index contributed by atoms with van der Waals surface area (Å²) in [6, 6.07) is 61.1. The van der Waals surface area contributed by atoms with E-state index in [0.717, 1.165) is 79.5 Å². The third-order valence-corrected chi connectivity index (χ3v) is 12.4. The van der Waals surface area contributed by atoms with Gasteiger partial charge in [-0.1, -0.05) is 151 Å². The molecule has 2 aliphatic rings. The topological polar surface area (TPSA) is 35.6 Å². The zero-order valence-electron chi connectivity index (χ0n) is 34.5. The van der Waals surface area contributed by atoms with Crippen molar-refractivity contribution in [1.29, 1.82) is 0 Å². The standard InChI is InChI=1S/C59H40N4/c1-2-8-24-42(23-7-1)53-39-54(43-25-13-5-14-26-43)61-59(60-53)63-57-34-32-45(44-31-33-56-50(35-44)48-29-17-18-30-55(48)62(56)47-27-15-6-16-28-47)36-51(57)52-38-46(40-19-9-3-10-20-40)37-49(58(52)63)41-21-11-4-12-22-41/h1,3,5-7,9-11,13-23,25-39H,2,4,12H2. The predicted molar refractivity (Wildman–Crippen MR) is 263 cm³/mol. The summed E-state index contributed by atoms with van der Waals surface area (Å²) in [5.74, 6) is 7.32. The average Bonchev–Trinajstić information content (AvgIpc) is 3.71. The van der Waals surface area contributed by atoms with Crippen LogP contribution in [0.25, 0.3) is 99.9 Å². The van der Waals surface area contributed by atoms with Crippen LogP contribution in [-0.4, -0.2) is 19.1 Å². The number of allylic oxidation sites excluding steroid dienone is 8. The van der Waals surface area contributed by atoms with E-state index in [0.29, 0.717) is 12.4 Å². The first-order valence-corrected chi connectivity index (χ1v) is 21.7. The van der Waals surface area contributed by atoms with Crippen molar-refractivity contribution in [3.8, 4) is 57.0 Å². The number of hydrogen-bond acceptors (Lipinski definition) is 2. The molecule has 296 valence electrons. The Morgan fingerprint density at radius 1 is 0.476 bits per heavy atom. The van der Waals surface area contributed by atoms with E-state index in [1.54, 1.807) is 0 Å². The predicted octanol–water partition coefficient (Wildman–Crippen LogP) is 14.8. The molecule has 4 heteroatoms. The number of benzene rings is 7. The fraction of sp³-hybridized carbons (Fsp3) is 0.0508. The molecule has 0 radical (unpaired) electrons. The highest BCUT2D eigenvalue weighted by atomic mass is 15.2. The lowest BCUT2D eigenvalue weighted by Gasteiger charge is -2.16. The molecule has 0 unspecified atom stereocenters. The van der Waals surface area contributed by atoms with E-state index in [1.807, 2.05) is 6.07 Å². The van der Waals surface area contributed by atoms with Crippen LogP contribution in [0.5, 0.6) is 0 Å². The summed E-state index contributed by atoms with van der Waals surface area (Å²) in [5, 5.41) is 4.75. The van der Waals surface area contributed by atoms with Crippen LogP contribution in [-0.2, 0) is 0 Å². The summed E-state index contributed by atoms with van der Waals surface area (Å²) in [7, 11) is 0. The van der Waals surface area contributed by atoms with Gasteiger partial charge in [-0.3, -0.25) is 4.57 Å². The summed E-state index contributed by atoms with van der Waals surface area (Å²) in [5.41, 5.74) is 16.2. The molecule has 0 N–H and O–H groups in total. The molecule has 10 aromatic rings. The molecule has 12 rings (SSSR count). The fourth-order valence-corrected chi connectivity index (χ4v) is 9.43. The number of aromatic nitrogens is 4. The van der Waals surface area contributed by atoms with Gasteiger partial charge in [-0.05, 0) is 107 Å². The first kappa shape index (κ1) is 36.6. The number of fused-ring (bicyclic) bond motifs is 6. The van der Waals surface area contributed by atoms with Crippen LogP contribution in [0.3, 0.4) is 0 Å². The van der Waals surface area contributed by atoms with E-state index in [1.165, 1.54) is 38.5 Å². The van der Waals surface area contributed by atoms with Crippen LogP contribution in [0.2, 0.25) is 0 Å². The van der Waals surface area contributed by atoms with Crippen molar-refractivity contribution in [2.45, 2.75) is 19.3 Å². The van der Waals surface area contributed by atoms with E-state index in [9.17, 15) is 0 Å². The maximum absolute atomic E-state index is 5.42. The molecule has 0 spiro atoms. The van der Waals surface area contributed by atoms with Gasteiger partial charge in [0, 0.05) is 44.8 Å². The molecule has 0 saturated heterocycles. The Kier molecular flexibility index (Phi) is 8.90. The maximum Gasteiger partial charge on any atom is 0.235 e. The number of hydrogen-bond donors (Lipinski definition) is 0. The van der Waals surface area contributed by atoms with Gasteiger partial charge in [-0.2, -0.15) is 0 Å². The van der Waals surface area contributed by atoms with Crippen molar-refractivity contribution in [2.24, 2.45) is 0 Å². The van der Waals surface area contributed by atoms with Crippen molar-refractivity contribution >= 4 is 54.8 Å². The Morgan fingerprint density at radius 2 is 1.13 bits per heavy atom. The van der Waals surface area contributed by atoms with Gasteiger partial charge in [-0.15, -0.1) is 0 Å². The van der Waals surface area contributed by atoms with E-state index >= 15 is 0 Å². The van der Waals surface area contributed by atoms with Gasteiger partial charge in [0.1, 0.15) is 0 Å². The van der Waals surface area contributed by atoms with Crippen LogP contribution in [0, 0.1) is 11.8 Å². The highest BCUT2D eigenvalue weighted by molar-refractivity contribution is 6.16. The first-order chi connectivity index (χ1) is 31.2. The second-order valence-electron chi connectivity index (χ2n) is 16.2. The molecule has 3 aromatic heterocycles. The van der Waals surface area contributed by atoms with Crippen LogP contribution in [0.4, 0.5) is 0 Å². The molecule has 3 heterocycles. The average molecular weight is 805 g/mol. The van der Waals surface area contributed by atoms with Crippen LogP contribution in [0.1, 0.15) is 30.5 Å². The summed E-state index contributed by atoms with van der Waals surface area (Å²) < 4.78 is 4.67. The van der Waals surface area contributed by atoms with Gasteiger partial charge in [0.2, 0.25) is 5.95 Å². The molecule has 4 nitrogen and oxygen atoms in total. The zero-order chi connectivity index (χ0) is 41.7. The SMILES string of the molecule is C1#CC(c2cc(-c3ccccc3)nc(-n3c4ccc(-c5ccc6c(c5)c5ccccc5n6-c5ccccc5)cc4c4cc(-c5ccccc5)cc(C5=CCCC=C5)c43)n2)=CC=CC1. The van der Waals surface area contributed by atoms with Crippen LogP contribution < -0.4 is 0 Å². The molecule has 0 aliphatic heterocycles. The second kappa shape index (κ2) is 15.3. The summed E-state index contributed by atoms with van der Waals surface area (Å²) in [6.07, 6.45) is 15.9. The molecule has 0 fully saturated rings. The van der Waals surface area contributed by atoms with Crippen molar-refractivity contribution in [3.63, 3.8) is 0 Å². The minimum Gasteiger partial charge on any atom is -0.309 e. The summed E-state index contributed by atoms with van der Waals surface area (Å²) >= 11 is 0. The molecule has 63 heavy (non-hydrogen) atoms. The van der Waals surface area contributed by atoms with Crippen molar-refractivity contribution in [2.75, 3.05) is 0 Å². The molecular weight excluding hydrogens is 765 g/mol.